The van der Waals surface area contributed by atoms with Crippen LogP contribution in [0.3, 0.4) is 0 Å². The zero-order valence-corrected chi connectivity index (χ0v) is 13.2. The van der Waals surface area contributed by atoms with Crippen molar-refractivity contribution in [3.63, 3.8) is 0 Å². The molecule has 0 bridgehead atoms. The van der Waals surface area contributed by atoms with Gasteiger partial charge in [-0.05, 0) is 39.8 Å². The molecule has 112 valence electrons. The van der Waals surface area contributed by atoms with E-state index in [4.69, 9.17) is 21.1 Å². The lowest BCUT2D eigenvalue weighted by atomic mass is 10.2. The molecule has 20 heavy (non-hydrogen) atoms. The number of nitrogens with zero attached hydrogens (tertiary/aromatic N) is 1. The number of hydrogen-bond acceptors (Lipinski definition) is 3. The van der Waals surface area contributed by atoms with Crippen LogP contribution in [0.1, 0.15) is 27.7 Å². The first-order valence-electron chi connectivity index (χ1n) is 6.68. The Bertz CT molecular complexity index is 443. The van der Waals surface area contributed by atoms with Gasteiger partial charge in [0.2, 0.25) is 0 Å². The fraction of sp³-hybridized carbons (Fsp3) is 0.533. The quantitative estimate of drug-likeness (QED) is 0.825. The normalized spacial score (nSPS) is 11.1. The van der Waals surface area contributed by atoms with Crippen LogP contribution in [0.4, 0.5) is 4.79 Å². The van der Waals surface area contributed by atoms with Crippen LogP contribution in [0.5, 0.6) is 5.75 Å². The number of halogens is 1. The number of amides is 1. The van der Waals surface area contributed by atoms with Crippen molar-refractivity contribution in [2.75, 3.05) is 19.7 Å². The fourth-order valence-corrected chi connectivity index (χ4v) is 1.72. The molecule has 5 heteroatoms. The Morgan fingerprint density at radius 1 is 1.30 bits per heavy atom. The molecular formula is C15H22ClNO3. The molecule has 0 aromatic heterocycles. The zero-order chi connectivity index (χ0) is 15.2. The molecule has 0 aliphatic heterocycles. The molecule has 4 nitrogen and oxygen atoms in total. The van der Waals surface area contributed by atoms with E-state index < -0.39 is 5.60 Å². The van der Waals surface area contributed by atoms with Crippen LogP contribution in [-0.4, -0.2) is 36.3 Å². The number of benzene rings is 1. The van der Waals surface area contributed by atoms with Crippen LogP contribution < -0.4 is 4.74 Å². The molecular weight excluding hydrogens is 278 g/mol. The number of carbonyl (C=O) groups is 1. The van der Waals surface area contributed by atoms with E-state index in [9.17, 15) is 4.79 Å². The van der Waals surface area contributed by atoms with Gasteiger partial charge in [-0.25, -0.2) is 4.79 Å². The largest absolute Gasteiger partial charge is 0.490 e. The van der Waals surface area contributed by atoms with Crippen LogP contribution in [0.2, 0.25) is 5.02 Å². The number of likely N-dealkylation sites (N-methyl/N-ethyl adjacent to an activating group) is 1. The van der Waals surface area contributed by atoms with Crippen LogP contribution in [-0.2, 0) is 4.74 Å². The van der Waals surface area contributed by atoms with Crippen molar-refractivity contribution >= 4 is 17.7 Å². The summed E-state index contributed by atoms with van der Waals surface area (Å²) < 4.78 is 10.9. The molecule has 0 unspecified atom stereocenters. The van der Waals surface area contributed by atoms with Crippen molar-refractivity contribution in [2.24, 2.45) is 0 Å². The topological polar surface area (TPSA) is 38.8 Å². The summed E-state index contributed by atoms with van der Waals surface area (Å²) in [5.41, 5.74) is -0.492. The summed E-state index contributed by atoms with van der Waals surface area (Å²) in [6.07, 6.45) is -0.331. The Hall–Kier alpha value is -1.42. The Morgan fingerprint density at radius 2 is 1.95 bits per heavy atom. The average Bonchev–Trinajstić information content (AvgIpc) is 2.34. The SMILES string of the molecule is CCN(CCOc1ccccc1Cl)C(=O)OC(C)(C)C. The zero-order valence-electron chi connectivity index (χ0n) is 12.5. The highest BCUT2D eigenvalue weighted by Gasteiger charge is 2.20. The Balaban J connectivity index is 2.46. The van der Waals surface area contributed by atoms with Crippen molar-refractivity contribution in [2.45, 2.75) is 33.3 Å². The van der Waals surface area contributed by atoms with Crippen molar-refractivity contribution in [3.8, 4) is 5.75 Å². The second-order valence-corrected chi connectivity index (χ2v) is 5.75. The van der Waals surface area contributed by atoms with E-state index >= 15 is 0 Å². The van der Waals surface area contributed by atoms with Gasteiger partial charge in [0.15, 0.2) is 0 Å². The maximum absolute atomic E-state index is 11.9. The van der Waals surface area contributed by atoms with Crippen LogP contribution >= 0.6 is 11.6 Å². The predicted molar refractivity (Wildman–Crippen MR) is 80.4 cm³/mol. The van der Waals surface area contributed by atoms with Crippen LogP contribution in [0, 0.1) is 0 Å². The van der Waals surface area contributed by atoms with E-state index in [1.165, 1.54) is 0 Å². The highest BCUT2D eigenvalue weighted by atomic mass is 35.5. The van der Waals surface area contributed by atoms with Gasteiger partial charge in [0, 0.05) is 6.54 Å². The predicted octanol–water partition coefficient (Wildman–Crippen LogP) is 3.98. The molecule has 0 radical (unpaired) electrons. The molecule has 0 saturated carbocycles. The lowest BCUT2D eigenvalue weighted by Gasteiger charge is -2.26. The van der Waals surface area contributed by atoms with E-state index in [-0.39, 0.29) is 6.09 Å². The lowest BCUT2D eigenvalue weighted by molar-refractivity contribution is 0.0237. The summed E-state index contributed by atoms with van der Waals surface area (Å²) in [6, 6.07) is 7.26. The number of rotatable bonds is 5. The standard InChI is InChI=1S/C15H22ClNO3/c1-5-17(14(18)20-15(2,3)4)10-11-19-13-9-7-6-8-12(13)16/h6-9H,5,10-11H2,1-4H3. The van der Waals surface area contributed by atoms with Gasteiger partial charge in [-0.3, -0.25) is 0 Å². The molecule has 0 saturated heterocycles. The van der Waals surface area contributed by atoms with Crippen molar-refractivity contribution in [1.82, 2.24) is 4.90 Å². The molecule has 1 amide bonds. The minimum Gasteiger partial charge on any atom is -0.490 e. The van der Waals surface area contributed by atoms with E-state index in [0.717, 1.165) is 0 Å². The summed E-state index contributed by atoms with van der Waals surface area (Å²) in [7, 11) is 0. The van der Waals surface area contributed by atoms with Crippen molar-refractivity contribution < 1.29 is 14.3 Å². The Morgan fingerprint density at radius 3 is 2.50 bits per heavy atom. The number of hydrogen-bond donors (Lipinski definition) is 0. The first-order chi connectivity index (χ1) is 9.33. The third kappa shape index (κ3) is 5.70. The molecule has 0 heterocycles. The van der Waals surface area contributed by atoms with Crippen molar-refractivity contribution in [3.05, 3.63) is 29.3 Å². The third-order valence-electron chi connectivity index (χ3n) is 2.49. The average molecular weight is 300 g/mol. The van der Waals surface area contributed by atoms with Gasteiger partial charge in [-0.15, -0.1) is 0 Å². The maximum atomic E-state index is 11.9. The second kappa shape index (κ2) is 7.39. The van der Waals surface area contributed by atoms with E-state index in [1.807, 2.05) is 39.8 Å². The minimum absolute atomic E-state index is 0.331. The monoisotopic (exact) mass is 299 g/mol. The summed E-state index contributed by atoms with van der Waals surface area (Å²) in [4.78, 5) is 13.5. The molecule has 0 aliphatic carbocycles. The molecule has 0 spiro atoms. The molecule has 1 rings (SSSR count). The Kier molecular flexibility index (Phi) is 6.14. The Labute approximate surface area is 125 Å². The summed E-state index contributed by atoms with van der Waals surface area (Å²) in [5, 5.41) is 0.563. The fourth-order valence-electron chi connectivity index (χ4n) is 1.53. The molecule has 0 N–H and O–H groups in total. The summed E-state index contributed by atoms with van der Waals surface area (Å²) in [5.74, 6) is 0.620. The molecule has 1 aromatic carbocycles. The molecule has 0 atom stereocenters. The van der Waals surface area contributed by atoms with E-state index in [1.54, 1.807) is 17.0 Å². The van der Waals surface area contributed by atoms with Gasteiger partial charge in [0.05, 0.1) is 11.6 Å². The number of carbonyl (C=O) groups excluding carboxylic acids is 1. The molecule has 0 aliphatic rings. The van der Waals surface area contributed by atoms with Crippen molar-refractivity contribution in [1.29, 1.82) is 0 Å². The highest BCUT2D eigenvalue weighted by molar-refractivity contribution is 6.32. The maximum Gasteiger partial charge on any atom is 0.410 e. The lowest BCUT2D eigenvalue weighted by Crippen LogP contribution is -2.38. The van der Waals surface area contributed by atoms with E-state index in [0.29, 0.717) is 30.5 Å². The smallest absolute Gasteiger partial charge is 0.410 e. The van der Waals surface area contributed by atoms with Gasteiger partial charge in [-0.2, -0.15) is 0 Å². The molecule has 1 aromatic rings. The van der Waals surface area contributed by atoms with Gasteiger partial charge in [0.25, 0.3) is 0 Å². The molecule has 0 fully saturated rings. The van der Waals surface area contributed by atoms with Gasteiger partial charge < -0.3 is 14.4 Å². The first-order valence-corrected chi connectivity index (χ1v) is 7.06. The number of para-hydroxylation sites is 1. The van der Waals surface area contributed by atoms with Crippen LogP contribution in [0.15, 0.2) is 24.3 Å². The first kappa shape index (κ1) is 16.6. The summed E-state index contributed by atoms with van der Waals surface area (Å²) >= 11 is 5.99. The van der Waals surface area contributed by atoms with E-state index in [2.05, 4.69) is 0 Å². The van der Waals surface area contributed by atoms with Gasteiger partial charge in [-0.1, -0.05) is 23.7 Å². The van der Waals surface area contributed by atoms with Gasteiger partial charge >= 0.3 is 6.09 Å². The summed E-state index contributed by atoms with van der Waals surface area (Å²) in [6.45, 7) is 8.84. The third-order valence-corrected chi connectivity index (χ3v) is 2.80. The highest BCUT2D eigenvalue weighted by Crippen LogP contribution is 2.22. The minimum atomic E-state index is -0.492. The van der Waals surface area contributed by atoms with Crippen LogP contribution in [0.25, 0.3) is 0 Å². The second-order valence-electron chi connectivity index (χ2n) is 5.34. The number of ether oxygens (including phenoxy) is 2. The van der Waals surface area contributed by atoms with Gasteiger partial charge in [0.1, 0.15) is 18.0 Å².